The van der Waals surface area contributed by atoms with Gasteiger partial charge in [-0.2, -0.15) is 8.78 Å². The fourth-order valence-corrected chi connectivity index (χ4v) is 2.25. The maximum absolute atomic E-state index is 13.9. The fraction of sp³-hybridized carbons (Fsp3) is 0.211. The maximum Gasteiger partial charge on any atom is 0.330 e. The summed E-state index contributed by atoms with van der Waals surface area (Å²) in [5.74, 6) is -7.87. The number of hydrogen-bond acceptors (Lipinski definition) is 4. The van der Waals surface area contributed by atoms with E-state index in [2.05, 4.69) is 9.47 Å². The minimum atomic E-state index is -1.63. The van der Waals surface area contributed by atoms with Crippen LogP contribution in [-0.4, -0.2) is 20.2 Å². The van der Waals surface area contributed by atoms with Gasteiger partial charge in [-0.05, 0) is 30.2 Å². The van der Waals surface area contributed by atoms with Gasteiger partial charge in [0.15, 0.2) is 17.4 Å². The zero-order chi connectivity index (χ0) is 20.1. The summed E-state index contributed by atoms with van der Waals surface area (Å²) in [6, 6.07) is 6.17. The first kappa shape index (κ1) is 20.3. The van der Waals surface area contributed by atoms with Gasteiger partial charge in [-0.1, -0.05) is 12.1 Å². The van der Waals surface area contributed by atoms with Crippen LogP contribution >= 0.6 is 0 Å². The summed E-state index contributed by atoms with van der Waals surface area (Å²) in [5.41, 5.74) is 0.424. The molecule has 27 heavy (non-hydrogen) atoms. The molecule has 0 N–H and O–H groups in total. The predicted molar refractivity (Wildman–Crippen MR) is 89.3 cm³/mol. The lowest BCUT2D eigenvalue weighted by molar-refractivity contribution is -0.134. The minimum Gasteiger partial charge on any atom is -0.491 e. The Morgan fingerprint density at radius 1 is 0.963 bits per heavy atom. The Kier molecular flexibility index (Phi) is 6.44. The van der Waals surface area contributed by atoms with E-state index in [4.69, 9.17) is 4.74 Å². The Bertz CT molecular complexity index is 847. The summed E-state index contributed by atoms with van der Waals surface area (Å²) in [7, 11) is 2.15. The van der Waals surface area contributed by atoms with Crippen LogP contribution in [0.25, 0.3) is 5.57 Å². The van der Waals surface area contributed by atoms with Crippen molar-refractivity contribution in [1.82, 2.24) is 0 Å². The highest BCUT2D eigenvalue weighted by molar-refractivity contribution is 5.90. The average Bonchev–Trinajstić information content (AvgIpc) is 2.67. The van der Waals surface area contributed by atoms with Crippen LogP contribution < -0.4 is 9.47 Å². The second-order valence-electron chi connectivity index (χ2n) is 5.43. The largest absolute Gasteiger partial charge is 0.491 e. The second kappa shape index (κ2) is 8.57. The van der Waals surface area contributed by atoms with E-state index in [0.717, 1.165) is 7.11 Å². The van der Waals surface area contributed by atoms with Crippen molar-refractivity contribution >= 4 is 11.5 Å². The van der Waals surface area contributed by atoms with Crippen molar-refractivity contribution in [2.75, 3.05) is 14.2 Å². The molecule has 0 heterocycles. The van der Waals surface area contributed by atoms with Crippen LogP contribution in [0.4, 0.5) is 17.6 Å². The summed E-state index contributed by atoms with van der Waals surface area (Å²) in [4.78, 5) is 11.2. The number of carbonyl (C=O) groups is 1. The van der Waals surface area contributed by atoms with Crippen molar-refractivity contribution in [3.8, 4) is 11.5 Å². The first-order valence-electron chi connectivity index (χ1n) is 7.68. The van der Waals surface area contributed by atoms with Crippen molar-refractivity contribution in [2.24, 2.45) is 0 Å². The third-order valence-corrected chi connectivity index (χ3v) is 3.75. The van der Waals surface area contributed by atoms with Crippen molar-refractivity contribution in [3.05, 3.63) is 64.7 Å². The molecule has 8 heteroatoms. The summed E-state index contributed by atoms with van der Waals surface area (Å²) >= 11 is 0. The van der Waals surface area contributed by atoms with E-state index in [-0.39, 0.29) is 5.75 Å². The highest BCUT2D eigenvalue weighted by Gasteiger charge is 2.26. The molecule has 2 aromatic rings. The molecule has 144 valence electrons. The first-order chi connectivity index (χ1) is 12.8. The second-order valence-corrected chi connectivity index (χ2v) is 5.43. The van der Waals surface area contributed by atoms with Crippen LogP contribution in [0.2, 0.25) is 0 Å². The topological polar surface area (TPSA) is 44.8 Å². The molecule has 0 atom stereocenters. The monoisotopic (exact) mass is 384 g/mol. The van der Waals surface area contributed by atoms with Crippen molar-refractivity contribution in [2.45, 2.75) is 13.5 Å². The Balaban J connectivity index is 2.19. The van der Waals surface area contributed by atoms with Crippen LogP contribution in [0.3, 0.4) is 0 Å². The highest BCUT2D eigenvalue weighted by Crippen LogP contribution is 2.30. The quantitative estimate of drug-likeness (QED) is 0.320. The van der Waals surface area contributed by atoms with Crippen molar-refractivity contribution in [1.29, 1.82) is 0 Å². The molecule has 4 nitrogen and oxygen atoms in total. The Hall–Kier alpha value is -3.03. The number of benzene rings is 2. The van der Waals surface area contributed by atoms with E-state index in [1.165, 1.54) is 25.3 Å². The average molecular weight is 384 g/mol. The van der Waals surface area contributed by atoms with Gasteiger partial charge in [0, 0.05) is 6.08 Å². The summed E-state index contributed by atoms with van der Waals surface area (Å²) in [6.07, 6.45) is 1.30. The van der Waals surface area contributed by atoms with Crippen LogP contribution in [0.5, 0.6) is 11.5 Å². The van der Waals surface area contributed by atoms with E-state index in [9.17, 15) is 22.4 Å². The standard InChI is InChI=1S/C19H16F4O4/c1-10(8-14(24)25-2)11-4-6-12(7-5-11)27-9-13-15(20)17(22)19(26-3)18(23)16(13)21/h4-8H,9H2,1-3H3/b10-8-. The highest BCUT2D eigenvalue weighted by atomic mass is 19.2. The van der Waals surface area contributed by atoms with Crippen molar-refractivity contribution < 1.29 is 36.6 Å². The smallest absolute Gasteiger partial charge is 0.330 e. The lowest BCUT2D eigenvalue weighted by atomic mass is 10.1. The Morgan fingerprint density at radius 2 is 1.52 bits per heavy atom. The molecule has 0 unspecified atom stereocenters. The van der Waals surface area contributed by atoms with Gasteiger partial charge in [0.05, 0.1) is 19.8 Å². The zero-order valence-corrected chi connectivity index (χ0v) is 14.7. The van der Waals surface area contributed by atoms with E-state index < -0.39 is 47.2 Å². The molecule has 0 saturated heterocycles. The Morgan fingerprint density at radius 3 is 2.00 bits per heavy atom. The SMILES string of the molecule is COC(=O)/C=C(/C)c1ccc(OCc2c(F)c(F)c(OC)c(F)c2F)cc1. The molecule has 2 aromatic carbocycles. The third-order valence-electron chi connectivity index (χ3n) is 3.75. The van der Waals surface area contributed by atoms with Gasteiger partial charge in [-0.3, -0.25) is 0 Å². The van der Waals surface area contributed by atoms with Gasteiger partial charge in [-0.15, -0.1) is 0 Å². The number of allylic oxidation sites excluding steroid dienone is 1. The molecule has 0 amide bonds. The summed E-state index contributed by atoms with van der Waals surface area (Å²) in [5, 5.41) is 0. The summed E-state index contributed by atoms with van der Waals surface area (Å²) in [6.45, 7) is 0.965. The van der Waals surface area contributed by atoms with Crippen LogP contribution in [-0.2, 0) is 16.1 Å². The number of carbonyl (C=O) groups excluding carboxylic acids is 1. The Labute approximate surface area is 153 Å². The van der Waals surface area contributed by atoms with Gasteiger partial charge in [-0.25, -0.2) is 13.6 Å². The van der Waals surface area contributed by atoms with Crippen LogP contribution in [0.15, 0.2) is 30.3 Å². The van der Waals surface area contributed by atoms with E-state index in [1.807, 2.05) is 0 Å². The molecular formula is C19H16F4O4. The molecule has 0 saturated carbocycles. The lowest BCUT2D eigenvalue weighted by Gasteiger charge is -2.12. The number of ether oxygens (including phenoxy) is 3. The van der Waals surface area contributed by atoms with Crippen LogP contribution in [0, 0.1) is 23.3 Å². The van der Waals surface area contributed by atoms with Crippen molar-refractivity contribution in [3.63, 3.8) is 0 Å². The van der Waals surface area contributed by atoms with E-state index >= 15 is 0 Å². The van der Waals surface area contributed by atoms with E-state index in [1.54, 1.807) is 19.1 Å². The number of esters is 1. The number of methoxy groups -OCH3 is 2. The first-order valence-corrected chi connectivity index (χ1v) is 7.68. The van der Waals surface area contributed by atoms with E-state index in [0.29, 0.717) is 11.1 Å². The van der Waals surface area contributed by atoms with Gasteiger partial charge in [0.2, 0.25) is 11.6 Å². The molecule has 0 fully saturated rings. The number of rotatable bonds is 6. The molecule has 0 aliphatic rings. The van der Waals surface area contributed by atoms with Gasteiger partial charge in [0.1, 0.15) is 12.4 Å². The third kappa shape index (κ3) is 4.39. The lowest BCUT2D eigenvalue weighted by Crippen LogP contribution is -2.09. The normalized spacial score (nSPS) is 11.3. The number of hydrogen-bond donors (Lipinski definition) is 0. The predicted octanol–water partition coefficient (Wildman–Crippen LogP) is 4.41. The molecule has 0 aromatic heterocycles. The molecular weight excluding hydrogens is 368 g/mol. The van der Waals surface area contributed by atoms with Gasteiger partial charge < -0.3 is 14.2 Å². The summed E-state index contributed by atoms with van der Waals surface area (Å²) < 4.78 is 69.3. The molecule has 0 aliphatic heterocycles. The van der Waals surface area contributed by atoms with Gasteiger partial charge in [0.25, 0.3) is 0 Å². The zero-order valence-electron chi connectivity index (χ0n) is 14.7. The molecule has 0 aliphatic carbocycles. The minimum absolute atomic E-state index is 0.208. The molecule has 2 rings (SSSR count). The molecule has 0 bridgehead atoms. The van der Waals surface area contributed by atoms with Gasteiger partial charge >= 0.3 is 5.97 Å². The maximum atomic E-state index is 13.9. The molecule has 0 spiro atoms. The molecule has 0 radical (unpaired) electrons. The number of halogens is 4. The fourth-order valence-electron chi connectivity index (χ4n) is 2.25. The van der Waals surface area contributed by atoms with Crippen LogP contribution in [0.1, 0.15) is 18.1 Å².